The van der Waals surface area contributed by atoms with Crippen LogP contribution in [-0.2, 0) is 11.2 Å². The third-order valence-electron chi connectivity index (χ3n) is 3.71. The van der Waals surface area contributed by atoms with E-state index >= 15 is 0 Å². The van der Waals surface area contributed by atoms with Crippen molar-refractivity contribution in [2.45, 2.75) is 25.3 Å². The van der Waals surface area contributed by atoms with Gasteiger partial charge in [-0.3, -0.25) is 14.9 Å². The van der Waals surface area contributed by atoms with Crippen LogP contribution in [0.5, 0.6) is 0 Å². The van der Waals surface area contributed by atoms with Crippen LogP contribution in [0.3, 0.4) is 0 Å². The number of para-hydroxylation sites is 1. The summed E-state index contributed by atoms with van der Waals surface area (Å²) >= 11 is 0. The fourth-order valence-corrected chi connectivity index (χ4v) is 2.55. The Labute approximate surface area is 130 Å². The molecule has 1 aromatic rings. The number of nitrogens with one attached hydrogen (secondary N) is 1. The first-order chi connectivity index (χ1) is 9.61. The topological polar surface area (TPSA) is 75.5 Å². The van der Waals surface area contributed by atoms with Gasteiger partial charge in [0, 0.05) is 30.8 Å². The van der Waals surface area contributed by atoms with Gasteiger partial charge in [0.2, 0.25) is 5.91 Å². The third-order valence-corrected chi connectivity index (χ3v) is 3.71. The number of likely N-dealkylation sites (N-methyl/N-ethyl adjacent to an activating group) is 1. The van der Waals surface area contributed by atoms with E-state index in [1.54, 1.807) is 23.1 Å². The first kappa shape index (κ1) is 17.4. The molecule has 0 radical (unpaired) electrons. The average molecular weight is 314 g/mol. The molecule has 2 rings (SSSR count). The predicted octanol–water partition coefficient (Wildman–Crippen LogP) is 1.77. The Kier molecular flexibility index (Phi) is 6.58. The molecular formula is C14H20ClN3O3. The molecule has 116 valence electrons. The van der Waals surface area contributed by atoms with Gasteiger partial charge in [-0.25, -0.2) is 0 Å². The molecule has 0 aliphatic carbocycles. The fourth-order valence-electron chi connectivity index (χ4n) is 2.55. The highest BCUT2D eigenvalue weighted by molar-refractivity contribution is 5.85. The van der Waals surface area contributed by atoms with Crippen molar-refractivity contribution >= 4 is 24.0 Å². The van der Waals surface area contributed by atoms with Gasteiger partial charge in [-0.2, -0.15) is 0 Å². The first-order valence-corrected chi connectivity index (χ1v) is 6.79. The summed E-state index contributed by atoms with van der Waals surface area (Å²) in [7, 11) is 1.89. The summed E-state index contributed by atoms with van der Waals surface area (Å²) in [5, 5.41) is 14.1. The number of hydrogen-bond acceptors (Lipinski definition) is 4. The van der Waals surface area contributed by atoms with Gasteiger partial charge in [0.1, 0.15) is 0 Å². The molecule has 6 nitrogen and oxygen atoms in total. The maximum absolute atomic E-state index is 12.3. The Hall–Kier alpha value is -1.66. The number of hydrogen-bond donors (Lipinski definition) is 1. The van der Waals surface area contributed by atoms with Crippen molar-refractivity contribution in [1.82, 2.24) is 10.2 Å². The van der Waals surface area contributed by atoms with Crippen LogP contribution in [0, 0.1) is 10.1 Å². The van der Waals surface area contributed by atoms with Gasteiger partial charge >= 0.3 is 0 Å². The van der Waals surface area contributed by atoms with Crippen LogP contribution in [0.4, 0.5) is 5.69 Å². The molecule has 1 aliphatic heterocycles. The van der Waals surface area contributed by atoms with Crippen LogP contribution in [-0.4, -0.2) is 41.9 Å². The smallest absolute Gasteiger partial charge is 0.273 e. The number of nitro benzene ring substituents is 1. The van der Waals surface area contributed by atoms with E-state index in [2.05, 4.69) is 5.32 Å². The predicted molar refractivity (Wildman–Crippen MR) is 82.7 cm³/mol. The lowest BCUT2D eigenvalue weighted by Gasteiger charge is -2.32. The monoisotopic (exact) mass is 313 g/mol. The molecule has 1 N–H and O–H groups in total. The zero-order chi connectivity index (χ0) is 14.5. The molecule has 7 heteroatoms. The maximum Gasteiger partial charge on any atom is 0.273 e. The van der Waals surface area contributed by atoms with Crippen molar-refractivity contribution in [1.29, 1.82) is 0 Å². The van der Waals surface area contributed by atoms with Gasteiger partial charge in [0.25, 0.3) is 5.69 Å². The summed E-state index contributed by atoms with van der Waals surface area (Å²) in [5.41, 5.74) is 0.497. The molecule has 1 atom stereocenters. The van der Waals surface area contributed by atoms with E-state index in [4.69, 9.17) is 0 Å². The highest BCUT2D eigenvalue weighted by Crippen LogP contribution is 2.20. The summed E-state index contributed by atoms with van der Waals surface area (Å²) in [6.07, 6.45) is 2.12. The van der Waals surface area contributed by atoms with Gasteiger partial charge in [0.05, 0.1) is 11.3 Å². The van der Waals surface area contributed by atoms with Crippen LogP contribution in [0.1, 0.15) is 18.4 Å². The molecule has 1 aromatic carbocycles. The Morgan fingerprint density at radius 2 is 2.19 bits per heavy atom. The Morgan fingerprint density at radius 3 is 2.86 bits per heavy atom. The normalized spacial score (nSPS) is 18.0. The van der Waals surface area contributed by atoms with E-state index < -0.39 is 4.92 Å². The minimum Gasteiger partial charge on any atom is -0.341 e. The SMILES string of the molecule is CNC1CCCN(C(=O)Cc2ccccc2[N+](=O)[O-])C1.Cl. The van der Waals surface area contributed by atoms with E-state index in [9.17, 15) is 14.9 Å². The number of benzene rings is 1. The molecule has 0 aromatic heterocycles. The average Bonchev–Trinajstić information content (AvgIpc) is 2.47. The van der Waals surface area contributed by atoms with E-state index in [-0.39, 0.29) is 30.4 Å². The molecule has 1 aliphatic rings. The number of rotatable bonds is 4. The second-order valence-corrected chi connectivity index (χ2v) is 5.03. The Morgan fingerprint density at radius 1 is 1.48 bits per heavy atom. The fraction of sp³-hybridized carbons (Fsp3) is 0.500. The highest BCUT2D eigenvalue weighted by Gasteiger charge is 2.24. The molecule has 0 spiro atoms. The maximum atomic E-state index is 12.3. The van der Waals surface area contributed by atoms with Crippen molar-refractivity contribution in [3.05, 3.63) is 39.9 Å². The zero-order valence-electron chi connectivity index (χ0n) is 11.9. The number of amides is 1. The first-order valence-electron chi connectivity index (χ1n) is 6.79. The minimum absolute atomic E-state index is 0. The number of nitro groups is 1. The van der Waals surface area contributed by atoms with E-state index in [0.717, 1.165) is 19.4 Å². The second kappa shape index (κ2) is 7.95. The number of nitrogens with zero attached hydrogens (tertiary/aromatic N) is 2. The molecule has 1 saturated heterocycles. The van der Waals surface area contributed by atoms with E-state index in [1.807, 2.05) is 7.05 Å². The van der Waals surface area contributed by atoms with Gasteiger partial charge < -0.3 is 10.2 Å². The van der Waals surface area contributed by atoms with Crippen LogP contribution in [0.25, 0.3) is 0 Å². The van der Waals surface area contributed by atoms with Crippen LogP contribution in [0.2, 0.25) is 0 Å². The van der Waals surface area contributed by atoms with Gasteiger partial charge in [-0.15, -0.1) is 12.4 Å². The molecular weight excluding hydrogens is 294 g/mol. The largest absolute Gasteiger partial charge is 0.341 e. The van der Waals surface area contributed by atoms with E-state index in [1.165, 1.54) is 6.07 Å². The standard InChI is InChI=1S/C14H19N3O3.ClH/c1-15-12-6-4-8-16(10-12)14(18)9-11-5-2-3-7-13(11)17(19)20;/h2-3,5,7,12,15H,4,6,8-10H2,1H3;1H. The van der Waals surface area contributed by atoms with Crippen molar-refractivity contribution < 1.29 is 9.72 Å². The number of carbonyl (C=O) groups excluding carboxylic acids is 1. The molecule has 1 amide bonds. The molecule has 1 fully saturated rings. The Balaban J connectivity index is 0.00000220. The summed E-state index contributed by atoms with van der Waals surface area (Å²) in [5.74, 6) is -0.0424. The third kappa shape index (κ3) is 4.41. The second-order valence-electron chi connectivity index (χ2n) is 5.03. The van der Waals surface area contributed by atoms with Crippen molar-refractivity contribution in [2.24, 2.45) is 0 Å². The summed E-state index contributed by atoms with van der Waals surface area (Å²) in [6, 6.07) is 6.75. The van der Waals surface area contributed by atoms with Crippen molar-refractivity contribution in [3.8, 4) is 0 Å². The Bertz CT molecular complexity index is 510. The minimum atomic E-state index is -0.435. The number of likely N-dealkylation sites (tertiary alicyclic amines) is 1. The zero-order valence-corrected chi connectivity index (χ0v) is 12.8. The van der Waals surface area contributed by atoms with Crippen LogP contribution in [0.15, 0.2) is 24.3 Å². The molecule has 21 heavy (non-hydrogen) atoms. The molecule has 1 heterocycles. The number of halogens is 1. The van der Waals surface area contributed by atoms with Crippen LogP contribution >= 0.6 is 12.4 Å². The van der Waals surface area contributed by atoms with Gasteiger partial charge in [-0.05, 0) is 19.9 Å². The number of carbonyl (C=O) groups is 1. The van der Waals surface area contributed by atoms with Gasteiger partial charge in [-0.1, -0.05) is 18.2 Å². The summed E-state index contributed by atoms with van der Waals surface area (Å²) in [6.45, 7) is 1.41. The molecule has 0 saturated carbocycles. The highest BCUT2D eigenvalue weighted by atomic mass is 35.5. The lowest BCUT2D eigenvalue weighted by atomic mass is 10.0. The van der Waals surface area contributed by atoms with Gasteiger partial charge in [0.15, 0.2) is 0 Å². The van der Waals surface area contributed by atoms with Crippen LogP contribution < -0.4 is 5.32 Å². The quantitative estimate of drug-likeness (QED) is 0.679. The molecule has 1 unspecified atom stereocenters. The summed E-state index contributed by atoms with van der Waals surface area (Å²) < 4.78 is 0. The number of piperidine rings is 1. The van der Waals surface area contributed by atoms with E-state index in [0.29, 0.717) is 18.2 Å². The lowest BCUT2D eigenvalue weighted by Crippen LogP contribution is -2.47. The van der Waals surface area contributed by atoms with Crippen molar-refractivity contribution in [2.75, 3.05) is 20.1 Å². The molecule has 0 bridgehead atoms. The summed E-state index contributed by atoms with van der Waals surface area (Å²) in [4.78, 5) is 24.6. The lowest BCUT2D eigenvalue weighted by molar-refractivity contribution is -0.385. The van der Waals surface area contributed by atoms with Crippen molar-refractivity contribution in [3.63, 3.8) is 0 Å².